The fraction of sp³-hybridized carbons (Fsp3) is 0.385. The Bertz CT molecular complexity index is 446. The van der Waals surface area contributed by atoms with Crippen molar-refractivity contribution in [1.82, 2.24) is 4.90 Å². The van der Waals surface area contributed by atoms with Crippen LogP contribution in [0.2, 0.25) is 0 Å². The molecule has 0 aliphatic heterocycles. The molecule has 0 bridgehead atoms. The molecule has 1 aromatic carbocycles. The number of halogens is 1. The Kier molecular flexibility index (Phi) is 5.16. The van der Waals surface area contributed by atoms with Crippen LogP contribution >= 0.6 is 11.6 Å². The molecule has 0 fully saturated rings. The quantitative estimate of drug-likeness (QED) is 0.779. The zero-order chi connectivity index (χ0) is 13.7. The zero-order valence-corrected chi connectivity index (χ0v) is 11.6. The van der Waals surface area contributed by atoms with Gasteiger partial charge >= 0.3 is 0 Å². The van der Waals surface area contributed by atoms with Crippen molar-refractivity contribution in [2.24, 2.45) is 0 Å². The number of aryl methyl sites for hydroxylation is 1. The maximum atomic E-state index is 11.8. The summed E-state index contributed by atoms with van der Waals surface area (Å²) >= 11 is 5.60. The molecule has 1 rings (SSSR count). The highest BCUT2D eigenvalue weighted by atomic mass is 35.5. The van der Waals surface area contributed by atoms with E-state index in [1.807, 2.05) is 31.2 Å². The van der Waals surface area contributed by atoms with Crippen LogP contribution < -0.4 is 4.90 Å². The van der Waals surface area contributed by atoms with Gasteiger partial charge in [0.2, 0.25) is 11.8 Å². The molecule has 0 aromatic heterocycles. The van der Waals surface area contributed by atoms with E-state index < -0.39 is 0 Å². The van der Waals surface area contributed by atoms with E-state index in [0.29, 0.717) is 0 Å². The van der Waals surface area contributed by atoms with Crippen LogP contribution in [-0.4, -0.2) is 43.2 Å². The lowest BCUT2D eigenvalue weighted by atomic mass is 10.2. The summed E-state index contributed by atoms with van der Waals surface area (Å²) in [6, 6.07) is 7.42. The molecule has 2 amide bonds. The number of alkyl halides is 1. The third-order valence-corrected chi connectivity index (χ3v) is 2.84. The van der Waals surface area contributed by atoms with Gasteiger partial charge in [0, 0.05) is 19.8 Å². The molecule has 0 radical (unpaired) electrons. The number of likely N-dealkylation sites (N-methyl/N-ethyl adjacent to an activating group) is 1. The van der Waals surface area contributed by atoms with Crippen LogP contribution in [-0.2, 0) is 9.59 Å². The number of benzene rings is 1. The number of carbonyl (C=O) groups excluding carboxylic acids is 2. The molecule has 0 aliphatic carbocycles. The lowest BCUT2D eigenvalue weighted by Crippen LogP contribution is -2.41. The zero-order valence-electron chi connectivity index (χ0n) is 10.8. The SMILES string of the molecule is Cc1ccccc1N(CC(=O)N(C)C)C(=O)CCl. The number of carbonyl (C=O) groups is 2. The van der Waals surface area contributed by atoms with Crippen molar-refractivity contribution in [3.63, 3.8) is 0 Å². The Morgan fingerprint density at radius 3 is 2.28 bits per heavy atom. The number of para-hydroxylation sites is 1. The first-order valence-corrected chi connectivity index (χ1v) is 6.13. The molecule has 18 heavy (non-hydrogen) atoms. The van der Waals surface area contributed by atoms with Gasteiger partial charge in [-0.2, -0.15) is 0 Å². The van der Waals surface area contributed by atoms with Crippen molar-refractivity contribution >= 4 is 29.1 Å². The maximum Gasteiger partial charge on any atom is 0.242 e. The lowest BCUT2D eigenvalue weighted by molar-refractivity contribution is -0.128. The van der Waals surface area contributed by atoms with Crippen molar-refractivity contribution in [1.29, 1.82) is 0 Å². The van der Waals surface area contributed by atoms with E-state index in [4.69, 9.17) is 11.6 Å². The minimum Gasteiger partial charge on any atom is -0.347 e. The summed E-state index contributed by atoms with van der Waals surface area (Å²) in [5, 5.41) is 0. The van der Waals surface area contributed by atoms with Crippen LogP contribution in [0.3, 0.4) is 0 Å². The molecule has 4 nitrogen and oxygen atoms in total. The number of amides is 2. The first-order valence-electron chi connectivity index (χ1n) is 5.59. The Balaban J connectivity index is 3.03. The van der Waals surface area contributed by atoms with Gasteiger partial charge < -0.3 is 9.80 Å². The summed E-state index contributed by atoms with van der Waals surface area (Å²) in [5.41, 5.74) is 1.65. The molecule has 0 N–H and O–H groups in total. The molecule has 1 aromatic rings. The van der Waals surface area contributed by atoms with Gasteiger partial charge in [0.25, 0.3) is 0 Å². The maximum absolute atomic E-state index is 11.8. The molecular formula is C13H17ClN2O2. The van der Waals surface area contributed by atoms with Crippen molar-refractivity contribution < 1.29 is 9.59 Å². The summed E-state index contributed by atoms with van der Waals surface area (Å²) in [4.78, 5) is 26.5. The Morgan fingerprint density at radius 1 is 1.17 bits per heavy atom. The summed E-state index contributed by atoms with van der Waals surface area (Å²) < 4.78 is 0. The Labute approximate surface area is 112 Å². The van der Waals surface area contributed by atoms with Gasteiger partial charge in [-0.1, -0.05) is 18.2 Å². The van der Waals surface area contributed by atoms with Gasteiger partial charge in [-0.25, -0.2) is 0 Å². The van der Waals surface area contributed by atoms with Crippen molar-refractivity contribution in [2.75, 3.05) is 31.4 Å². The number of rotatable bonds is 4. The number of nitrogens with zero attached hydrogens (tertiary/aromatic N) is 2. The smallest absolute Gasteiger partial charge is 0.242 e. The monoisotopic (exact) mass is 268 g/mol. The van der Waals surface area contributed by atoms with E-state index in [9.17, 15) is 9.59 Å². The number of anilines is 1. The first-order chi connectivity index (χ1) is 8.47. The molecule has 0 aliphatic rings. The molecule has 0 spiro atoms. The highest BCUT2D eigenvalue weighted by Gasteiger charge is 2.20. The molecular weight excluding hydrogens is 252 g/mol. The third kappa shape index (κ3) is 3.47. The number of hydrogen-bond acceptors (Lipinski definition) is 2. The van der Waals surface area contributed by atoms with Crippen LogP contribution in [0.5, 0.6) is 0 Å². The average molecular weight is 269 g/mol. The average Bonchev–Trinajstić information content (AvgIpc) is 2.35. The fourth-order valence-corrected chi connectivity index (χ4v) is 1.67. The summed E-state index contributed by atoms with van der Waals surface area (Å²) in [7, 11) is 3.31. The van der Waals surface area contributed by atoms with Crippen molar-refractivity contribution in [3.8, 4) is 0 Å². The van der Waals surface area contributed by atoms with Gasteiger partial charge in [-0.3, -0.25) is 9.59 Å². The van der Waals surface area contributed by atoms with E-state index in [2.05, 4.69) is 0 Å². The summed E-state index contributed by atoms with van der Waals surface area (Å²) in [6.45, 7) is 1.90. The van der Waals surface area contributed by atoms with Crippen LogP contribution in [0.1, 0.15) is 5.56 Å². The standard InChI is InChI=1S/C13H17ClN2O2/c1-10-6-4-5-7-11(10)16(12(17)8-14)9-13(18)15(2)3/h4-7H,8-9H2,1-3H3. The second kappa shape index (κ2) is 6.40. The summed E-state index contributed by atoms with van der Waals surface area (Å²) in [6.07, 6.45) is 0. The lowest BCUT2D eigenvalue weighted by Gasteiger charge is -2.24. The molecule has 0 unspecified atom stereocenters. The summed E-state index contributed by atoms with van der Waals surface area (Å²) in [5.74, 6) is -0.562. The topological polar surface area (TPSA) is 40.6 Å². The van der Waals surface area contributed by atoms with Gasteiger partial charge in [-0.05, 0) is 18.6 Å². The van der Waals surface area contributed by atoms with Gasteiger partial charge in [-0.15, -0.1) is 11.6 Å². The second-order valence-electron chi connectivity index (χ2n) is 4.19. The predicted molar refractivity (Wildman–Crippen MR) is 72.9 cm³/mol. The van der Waals surface area contributed by atoms with Crippen LogP contribution in [0.25, 0.3) is 0 Å². The molecule has 98 valence electrons. The highest BCUT2D eigenvalue weighted by Crippen LogP contribution is 2.19. The molecule has 0 saturated carbocycles. The van der Waals surface area contributed by atoms with Crippen molar-refractivity contribution in [3.05, 3.63) is 29.8 Å². The largest absolute Gasteiger partial charge is 0.347 e. The number of hydrogen-bond donors (Lipinski definition) is 0. The molecule has 0 atom stereocenters. The third-order valence-electron chi connectivity index (χ3n) is 2.61. The Hall–Kier alpha value is -1.55. The van der Waals surface area contributed by atoms with Crippen LogP contribution in [0, 0.1) is 6.92 Å². The second-order valence-corrected chi connectivity index (χ2v) is 4.46. The molecule has 5 heteroatoms. The van der Waals surface area contributed by atoms with E-state index in [-0.39, 0.29) is 24.2 Å². The van der Waals surface area contributed by atoms with Crippen LogP contribution in [0.4, 0.5) is 5.69 Å². The minimum atomic E-state index is -0.277. The van der Waals surface area contributed by atoms with Crippen molar-refractivity contribution in [2.45, 2.75) is 6.92 Å². The normalized spacial score (nSPS) is 10.0. The highest BCUT2D eigenvalue weighted by molar-refractivity contribution is 6.29. The Morgan fingerprint density at radius 2 is 1.78 bits per heavy atom. The van der Waals surface area contributed by atoms with Gasteiger partial charge in [0.05, 0.1) is 0 Å². The van der Waals surface area contributed by atoms with Gasteiger partial charge in [0.1, 0.15) is 12.4 Å². The van der Waals surface area contributed by atoms with E-state index in [1.54, 1.807) is 14.1 Å². The van der Waals surface area contributed by atoms with Crippen LogP contribution in [0.15, 0.2) is 24.3 Å². The predicted octanol–water partition coefficient (Wildman–Crippen LogP) is 1.66. The van der Waals surface area contributed by atoms with E-state index in [1.165, 1.54) is 9.80 Å². The first kappa shape index (κ1) is 14.5. The minimum absolute atomic E-state index is 0.00338. The molecule has 0 saturated heterocycles. The van der Waals surface area contributed by atoms with Gasteiger partial charge in [0.15, 0.2) is 0 Å². The van der Waals surface area contributed by atoms with E-state index in [0.717, 1.165) is 11.3 Å². The fourth-order valence-electron chi connectivity index (χ4n) is 1.52. The molecule has 0 heterocycles. The van der Waals surface area contributed by atoms with E-state index >= 15 is 0 Å².